The molecule has 3 heterocycles. The van der Waals surface area contributed by atoms with E-state index in [4.69, 9.17) is 9.15 Å². The van der Waals surface area contributed by atoms with Crippen molar-refractivity contribution >= 4 is 17.7 Å². The lowest BCUT2D eigenvalue weighted by molar-refractivity contribution is -0.119. The van der Waals surface area contributed by atoms with Gasteiger partial charge in [-0.25, -0.2) is 4.79 Å². The number of hydrogen-bond acceptors (Lipinski definition) is 5. The molecule has 142 valence electrons. The standard InChI is InChI=1S/C19H22N4O4/c1-12-8-17(22(4)21-12)20-18(24)11-27-19(25)16-9-13(2)23(14(16)3)10-15-6-5-7-26-15/h5-9H,10-11H2,1-4H3,(H,20,24). The number of aryl methyl sites for hydroxylation is 3. The lowest BCUT2D eigenvalue weighted by Crippen LogP contribution is -2.22. The average Bonchev–Trinajstić information content (AvgIpc) is 3.30. The van der Waals surface area contributed by atoms with Crippen LogP contribution in [-0.4, -0.2) is 32.8 Å². The third-order valence-electron chi connectivity index (χ3n) is 4.29. The summed E-state index contributed by atoms with van der Waals surface area (Å²) in [4.78, 5) is 24.4. The molecule has 0 radical (unpaired) electrons. The van der Waals surface area contributed by atoms with Crippen molar-refractivity contribution in [1.82, 2.24) is 14.3 Å². The van der Waals surface area contributed by atoms with Crippen molar-refractivity contribution in [3.63, 3.8) is 0 Å². The molecule has 3 aromatic rings. The van der Waals surface area contributed by atoms with E-state index in [0.29, 0.717) is 17.9 Å². The third-order valence-corrected chi connectivity index (χ3v) is 4.29. The van der Waals surface area contributed by atoms with Gasteiger partial charge in [0.15, 0.2) is 6.61 Å². The van der Waals surface area contributed by atoms with Crippen LogP contribution >= 0.6 is 0 Å². The number of rotatable bonds is 6. The van der Waals surface area contributed by atoms with E-state index in [1.165, 1.54) is 0 Å². The number of carbonyl (C=O) groups excluding carboxylic acids is 2. The molecule has 1 amide bonds. The minimum atomic E-state index is -0.537. The summed E-state index contributed by atoms with van der Waals surface area (Å²) >= 11 is 0. The first-order valence-electron chi connectivity index (χ1n) is 8.52. The van der Waals surface area contributed by atoms with E-state index in [1.807, 2.05) is 37.5 Å². The summed E-state index contributed by atoms with van der Waals surface area (Å²) in [5.74, 6) is 0.383. The predicted octanol–water partition coefficient (Wildman–Crippen LogP) is 2.58. The van der Waals surface area contributed by atoms with Gasteiger partial charge >= 0.3 is 5.97 Å². The van der Waals surface area contributed by atoms with E-state index < -0.39 is 11.9 Å². The van der Waals surface area contributed by atoms with E-state index in [-0.39, 0.29) is 6.61 Å². The van der Waals surface area contributed by atoms with Gasteiger partial charge in [-0.2, -0.15) is 5.10 Å². The Kier molecular flexibility index (Phi) is 5.16. The zero-order chi connectivity index (χ0) is 19.6. The molecule has 0 spiro atoms. The Morgan fingerprint density at radius 2 is 2.04 bits per heavy atom. The molecule has 1 N–H and O–H groups in total. The fourth-order valence-corrected chi connectivity index (χ4v) is 2.92. The van der Waals surface area contributed by atoms with Gasteiger partial charge in [0.1, 0.15) is 11.6 Å². The monoisotopic (exact) mass is 370 g/mol. The van der Waals surface area contributed by atoms with Crippen molar-refractivity contribution in [3.05, 3.63) is 58.9 Å². The van der Waals surface area contributed by atoms with Gasteiger partial charge in [-0.3, -0.25) is 9.48 Å². The Morgan fingerprint density at radius 3 is 2.67 bits per heavy atom. The zero-order valence-corrected chi connectivity index (χ0v) is 15.8. The first-order chi connectivity index (χ1) is 12.8. The van der Waals surface area contributed by atoms with Gasteiger partial charge in [-0.05, 0) is 39.0 Å². The number of anilines is 1. The SMILES string of the molecule is Cc1cc(NC(=O)COC(=O)c2cc(C)n(Cc3ccco3)c2C)n(C)n1. The molecule has 0 saturated heterocycles. The molecule has 0 aromatic carbocycles. The number of nitrogens with one attached hydrogen (secondary N) is 1. The van der Waals surface area contributed by atoms with Crippen LogP contribution in [0.25, 0.3) is 0 Å². The molecular formula is C19H22N4O4. The van der Waals surface area contributed by atoms with Crippen molar-refractivity contribution in [2.45, 2.75) is 27.3 Å². The van der Waals surface area contributed by atoms with Crippen LogP contribution in [0.5, 0.6) is 0 Å². The van der Waals surface area contributed by atoms with E-state index in [1.54, 1.807) is 30.1 Å². The highest BCUT2D eigenvalue weighted by Crippen LogP contribution is 2.18. The lowest BCUT2D eigenvalue weighted by atomic mass is 10.2. The van der Waals surface area contributed by atoms with Gasteiger partial charge in [0.2, 0.25) is 0 Å². The first kappa shape index (κ1) is 18.5. The number of furan rings is 1. The summed E-state index contributed by atoms with van der Waals surface area (Å²) in [5, 5.41) is 6.81. The zero-order valence-electron chi connectivity index (χ0n) is 15.8. The van der Waals surface area contributed by atoms with Crippen LogP contribution < -0.4 is 5.32 Å². The van der Waals surface area contributed by atoms with Gasteiger partial charge in [0.05, 0.1) is 24.1 Å². The molecule has 0 aliphatic rings. The maximum absolute atomic E-state index is 12.4. The Labute approximate surface area is 156 Å². The molecule has 3 aromatic heterocycles. The number of ether oxygens (including phenoxy) is 1. The van der Waals surface area contributed by atoms with Crippen molar-refractivity contribution in [1.29, 1.82) is 0 Å². The van der Waals surface area contributed by atoms with Crippen LogP contribution in [-0.2, 0) is 23.1 Å². The van der Waals surface area contributed by atoms with Crippen LogP contribution in [0, 0.1) is 20.8 Å². The number of carbonyl (C=O) groups is 2. The van der Waals surface area contributed by atoms with Crippen molar-refractivity contribution in [2.75, 3.05) is 11.9 Å². The van der Waals surface area contributed by atoms with E-state index in [0.717, 1.165) is 22.8 Å². The van der Waals surface area contributed by atoms with Crippen LogP contribution in [0.4, 0.5) is 5.82 Å². The Morgan fingerprint density at radius 1 is 1.26 bits per heavy atom. The molecular weight excluding hydrogens is 348 g/mol. The second-order valence-corrected chi connectivity index (χ2v) is 6.37. The van der Waals surface area contributed by atoms with Gasteiger partial charge < -0.3 is 19.0 Å². The van der Waals surface area contributed by atoms with Crippen LogP contribution in [0.2, 0.25) is 0 Å². The summed E-state index contributed by atoms with van der Waals surface area (Å²) in [6, 6.07) is 7.19. The molecule has 0 saturated carbocycles. The molecule has 8 heteroatoms. The summed E-state index contributed by atoms with van der Waals surface area (Å²) in [5.41, 5.74) is 2.89. The predicted molar refractivity (Wildman–Crippen MR) is 98.6 cm³/mol. The highest BCUT2D eigenvalue weighted by molar-refractivity contribution is 5.95. The summed E-state index contributed by atoms with van der Waals surface area (Å²) < 4.78 is 14.1. The quantitative estimate of drug-likeness (QED) is 0.674. The van der Waals surface area contributed by atoms with Gasteiger partial charge in [-0.1, -0.05) is 0 Å². The second kappa shape index (κ2) is 7.53. The number of aromatic nitrogens is 3. The molecule has 0 atom stereocenters. The van der Waals surface area contributed by atoms with Gasteiger partial charge in [0.25, 0.3) is 5.91 Å². The molecule has 0 bridgehead atoms. The summed E-state index contributed by atoms with van der Waals surface area (Å²) in [6.45, 7) is 5.73. The lowest BCUT2D eigenvalue weighted by Gasteiger charge is -2.08. The molecule has 8 nitrogen and oxygen atoms in total. The Hall–Kier alpha value is -3.29. The fourth-order valence-electron chi connectivity index (χ4n) is 2.92. The van der Waals surface area contributed by atoms with Crippen molar-refractivity contribution < 1.29 is 18.7 Å². The highest BCUT2D eigenvalue weighted by Gasteiger charge is 2.19. The molecule has 0 unspecified atom stereocenters. The van der Waals surface area contributed by atoms with E-state index >= 15 is 0 Å². The maximum Gasteiger partial charge on any atom is 0.340 e. The van der Waals surface area contributed by atoms with E-state index in [9.17, 15) is 9.59 Å². The van der Waals surface area contributed by atoms with Crippen LogP contribution in [0.15, 0.2) is 34.9 Å². The van der Waals surface area contributed by atoms with E-state index in [2.05, 4.69) is 10.4 Å². The number of esters is 1. The number of nitrogens with zero attached hydrogens (tertiary/aromatic N) is 3. The average molecular weight is 370 g/mol. The van der Waals surface area contributed by atoms with Crippen molar-refractivity contribution in [3.8, 4) is 0 Å². The molecule has 3 rings (SSSR count). The minimum Gasteiger partial charge on any atom is -0.467 e. The summed E-state index contributed by atoms with van der Waals surface area (Å²) in [7, 11) is 1.72. The third kappa shape index (κ3) is 4.11. The molecule has 27 heavy (non-hydrogen) atoms. The first-order valence-corrected chi connectivity index (χ1v) is 8.52. The minimum absolute atomic E-state index is 0.370. The summed E-state index contributed by atoms with van der Waals surface area (Å²) in [6.07, 6.45) is 1.61. The molecule has 0 aliphatic carbocycles. The topological polar surface area (TPSA) is 91.3 Å². The van der Waals surface area contributed by atoms with Gasteiger partial charge in [0, 0.05) is 24.5 Å². The fraction of sp³-hybridized carbons (Fsp3) is 0.316. The Bertz CT molecular complexity index is 966. The highest BCUT2D eigenvalue weighted by atomic mass is 16.5. The molecule has 0 aliphatic heterocycles. The largest absolute Gasteiger partial charge is 0.467 e. The smallest absolute Gasteiger partial charge is 0.340 e. The number of amides is 1. The van der Waals surface area contributed by atoms with Gasteiger partial charge in [-0.15, -0.1) is 0 Å². The van der Waals surface area contributed by atoms with Crippen LogP contribution in [0.3, 0.4) is 0 Å². The van der Waals surface area contributed by atoms with Crippen LogP contribution in [0.1, 0.15) is 33.2 Å². The Balaban J connectivity index is 1.62. The number of hydrogen-bond donors (Lipinski definition) is 1. The normalized spacial score (nSPS) is 10.8. The molecule has 0 fully saturated rings. The maximum atomic E-state index is 12.4. The second-order valence-electron chi connectivity index (χ2n) is 6.37. The van der Waals surface area contributed by atoms with Crippen molar-refractivity contribution in [2.24, 2.45) is 7.05 Å².